The van der Waals surface area contributed by atoms with Gasteiger partial charge in [-0.05, 0) is 12.8 Å². The summed E-state index contributed by atoms with van der Waals surface area (Å²) in [5.41, 5.74) is -1.10. The quantitative estimate of drug-likeness (QED) is 0.661. The second-order valence-corrected chi connectivity index (χ2v) is 4.67. The highest BCUT2D eigenvalue weighted by molar-refractivity contribution is 5.90. The first kappa shape index (κ1) is 10.5. The van der Waals surface area contributed by atoms with Crippen LogP contribution in [0, 0.1) is 11.3 Å². The Hall–Kier alpha value is -1.06. The topological polar surface area (TPSA) is 52.6 Å². The van der Waals surface area contributed by atoms with Crippen molar-refractivity contribution in [3.05, 3.63) is 0 Å². The van der Waals surface area contributed by atoms with Crippen LogP contribution in [0.2, 0.25) is 0 Å². The van der Waals surface area contributed by atoms with Gasteiger partial charge in [0, 0.05) is 6.42 Å². The predicted octanol–water partition coefficient (Wildman–Crippen LogP) is 1.28. The van der Waals surface area contributed by atoms with Gasteiger partial charge in [-0.1, -0.05) is 13.8 Å². The van der Waals surface area contributed by atoms with Crippen LogP contribution in [0.3, 0.4) is 0 Å². The zero-order valence-electron chi connectivity index (χ0n) is 9.33. The summed E-state index contributed by atoms with van der Waals surface area (Å²) in [6.45, 7) is 6.10. The molecule has 2 aliphatic rings. The molecule has 1 aliphatic heterocycles. The largest absolute Gasteiger partial charge is 0.465 e. The molecular formula is C11H16O4. The van der Waals surface area contributed by atoms with Gasteiger partial charge in [-0.2, -0.15) is 0 Å². The third-order valence-electron chi connectivity index (χ3n) is 3.62. The van der Waals surface area contributed by atoms with Crippen LogP contribution in [0.15, 0.2) is 0 Å². The molecule has 84 valence electrons. The Morgan fingerprint density at radius 1 is 1.60 bits per heavy atom. The maximum absolute atomic E-state index is 11.9. The predicted molar refractivity (Wildman–Crippen MR) is 52.0 cm³/mol. The van der Waals surface area contributed by atoms with Crippen LogP contribution in [0.4, 0.5) is 0 Å². The third kappa shape index (κ3) is 1.13. The normalized spacial score (nSPS) is 37.5. The van der Waals surface area contributed by atoms with Gasteiger partial charge in [0.25, 0.3) is 0 Å². The number of ether oxygens (including phenoxy) is 2. The average Bonchev–Trinajstić information content (AvgIpc) is 2.76. The highest BCUT2D eigenvalue weighted by Gasteiger charge is 2.81. The van der Waals surface area contributed by atoms with Gasteiger partial charge < -0.3 is 9.47 Å². The van der Waals surface area contributed by atoms with Crippen molar-refractivity contribution in [2.24, 2.45) is 11.3 Å². The molecule has 2 rings (SSSR count). The molecule has 0 bridgehead atoms. The lowest BCUT2D eigenvalue weighted by Crippen LogP contribution is -2.45. The lowest BCUT2D eigenvalue weighted by molar-refractivity contribution is -0.185. The molecule has 15 heavy (non-hydrogen) atoms. The smallest absolute Gasteiger partial charge is 0.316 e. The summed E-state index contributed by atoms with van der Waals surface area (Å²) in [5.74, 6) is -0.279. The Kier molecular flexibility index (Phi) is 2.07. The van der Waals surface area contributed by atoms with E-state index in [1.54, 1.807) is 6.92 Å². The van der Waals surface area contributed by atoms with Gasteiger partial charge >= 0.3 is 11.9 Å². The van der Waals surface area contributed by atoms with Gasteiger partial charge in [0.1, 0.15) is 11.0 Å². The summed E-state index contributed by atoms with van der Waals surface area (Å²) in [4.78, 5) is 22.7. The minimum Gasteiger partial charge on any atom is -0.465 e. The Morgan fingerprint density at radius 2 is 2.20 bits per heavy atom. The number of hydrogen-bond donors (Lipinski definition) is 0. The maximum Gasteiger partial charge on any atom is 0.316 e. The van der Waals surface area contributed by atoms with Crippen LogP contribution in [-0.4, -0.2) is 24.1 Å². The fourth-order valence-corrected chi connectivity index (χ4v) is 2.68. The zero-order chi connectivity index (χ0) is 11.3. The van der Waals surface area contributed by atoms with Crippen LogP contribution < -0.4 is 0 Å². The van der Waals surface area contributed by atoms with Gasteiger partial charge in [-0.3, -0.25) is 9.59 Å². The van der Waals surface area contributed by atoms with E-state index in [1.165, 1.54) is 0 Å². The van der Waals surface area contributed by atoms with E-state index < -0.39 is 11.0 Å². The Bertz CT molecular complexity index is 313. The Morgan fingerprint density at radius 3 is 2.60 bits per heavy atom. The van der Waals surface area contributed by atoms with Gasteiger partial charge in [-0.15, -0.1) is 0 Å². The summed E-state index contributed by atoms with van der Waals surface area (Å²) < 4.78 is 10.2. The minimum atomic E-state index is -0.572. The van der Waals surface area contributed by atoms with E-state index in [1.807, 2.05) is 13.8 Å². The minimum absolute atomic E-state index is 0.143. The van der Waals surface area contributed by atoms with Crippen LogP contribution in [0.1, 0.15) is 33.6 Å². The molecule has 0 radical (unpaired) electrons. The van der Waals surface area contributed by atoms with Crippen molar-refractivity contribution in [1.82, 2.24) is 0 Å². The number of carbonyl (C=O) groups excluding carboxylic acids is 2. The average molecular weight is 212 g/mol. The molecule has 0 unspecified atom stereocenters. The molecule has 1 aliphatic carbocycles. The van der Waals surface area contributed by atoms with E-state index in [4.69, 9.17) is 9.47 Å². The monoisotopic (exact) mass is 212 g/mol. The summed E-state index contributed by atoms with van der Waals surface area (Å²) in [6.07, 6.45) is 0.992. The van der Waals surface area contributed by atoms with Crippen molar-refractivity contribution < 1.29 is 19.1 Å². The molecular weight excluding hydrogens is 196 g/mol. The highest BCUT2D eigenvalue weighted by Crippen LogP contribution is 2.69. The van der Waals surface area contributed by atoms with Gasteiger partial charge in [0.15, 0.2) is 0 Å². The first-order valence-electron chi connectivity index (χ1n) is 5.37. The maximum atomic E-state index is 11.9. The number of carbonyl (C=O) groups is 2. The van der Waals surface area contributed by atoms with E-state index in [2.05, 4.69) is 0 Å². The molecule has 4 nitrogen and oxygen atoms in total. The molecule has 0 N–H and O–H groups in total. The second-order valence-electron chi connectivity index (χ2n) is 4.67. The van der Waals surface area contributed by atoms with Crippen LogP contribution in [0.25, 0.3) is 0 Å². The summed E-state index contributed by atoms with van der Waals surface area (Å²) in [7, 11) is 0. The van der Waals surface area contributed by atoms with Crippen molar-refractivity contribution >= 4 is 11.9 Å². The van der Waals surface area contributed by atoms with Gasteiger partial charge in [0.05, 0.1) is 13.0 Å². The summed E-state index contributed by atoms with van der Waals surface area (Å²) in [5, 5.41) is 0. The second kappa shape index (κ2) is 2.97. The Labute approximate surface area is 88.9 Å². The van der Waals surface area contributed by atoms with Crippen LogP contribution >= 0.6 is 0 Å². The number of rotatable bonds is 3. The van der Waals surface area contributed by atoms with E-state index >= 15 is 0 Å². The molecule has 4 heteroatoms. The van der Waals surface area contributed by atoms with Crippen molar-refractivity contribution in [1.29, 1.82) is 0 Å². The van der Waals surface area contributed by atoms with Crippen molar-refractivity contribution in [3.8, 4) is 0 Å². The third-order valence-corrected chi connectivity index (χ3v) is 3.62. The number of hydrogen-bond acceptors (Lipinski definition) is 4. The highest BCUT2D eigenvalue weighted by atomic mass is 16.6. The molecule has 1 heterocycles. The molecule has 2 fully saturated rings. The first-order chi connectivity index (χ1) is 6.98. The van der Waals surface area contributed by atoms with E-state index in [0.29, 0.717) is 19.4 Å². The molecule has 0 aromatic rings. The molecule has 0 aromatic heterocycles. The van der Waals surface area contributed by atoms with Crippen LogP contribution in [-0.2, 0) is 19.1 Å². The van der Waals surface area contributed by atoms with Gasteiger partial charge in [-0.25, -0.2) is 0 Å². The standard InChI is InChI=1S/C11H16O4/c1-4-14-9(13)11(7(2)3)6-10(11)5-8(12)15-10/h7H,4-6H2,1-3H3/t10-,11+/m0/s1. The van der Waals surface area contributed by atoms with Crippen molar-refractivity contribution in [2.45, 2.75) is 39.2 Å². The van der Waals surface area contributed by atoms with Crippen molar-refractivity contribution in [3.63, 3.8) is 0 Å². The molecule has 0 amide bonds. The van der Waals surface area contributed by atoms with E-state index in [-0.39, 0.29) is 17.9 Å². The molecule has 1 saturated carbocycles. The van der Waals surface area contributed by atoms with E-state index in [0.717, 1.165) is 0 Å². The lowest BCUT2D eigenvalue weighted by atomic mass is 9.85. The fourth-order valence-electron chi connectivity index (χ4n) is 2.68. The molecule has 1 saturated heterocycles. The first-order valence-corrected chi connectivity index (χ1v) is 5.37. The molecule has 2 atom stereocenters. The number of esters is 2. The van der Waals surface area contributed by atoms with Crippen molar-refractivity contribution in [2.75, 3.05) is 6.61 Å². The molecule has 1 spiro atoms. The van der Waals surface area contributed by atoms with Crippen LogP contribution in [0.5, 0.6) is 0 Å². The summed E-state index contributed by atoms with van der Waals surface area (Å²) >= 11 is 0. The molecule has 0 aromatic carbocycles. The Balaban J connectivity index is 2.16. The lowest BCUT2D eigenvalue weighted by Gasteiger charge is -2.32. The summed E-state index contributed by atoms with van der Waals surface area (Å²) in [6, 6.07) is 0. The zero-order valence-corrected chi connectivity index (χ0v) is 9.33. The SMILES string of the molecule is CCOC(=O)[C@]1(C(C)C)C[C@@]12CC(=O)O2. The van der Waals surface area contributed by atoms with Gasteiger partial charge in [0.2, 0.25) is 0 Å². The fraction of sp³-hybridized carbons (Fsp3) is 0.818. The van der Waals surface area contributed by atoms with E-state index in [9.17, 15) is 9.59 Å².